The van der Waals surface area contributed by atoms with Gasteiger partial charge in [-0.2, -0.15) is 0 Å². The number of ether oxygens (including phenoxy) is 1. The highest BCUT2D eigenvalue weighted by Gasteiger charge is 2.48. The van der Waals surface area contributed by atoms with Crippen molar-refractivity contribution in [3.63, 3.8) is 0 Å². The molecule has 0 saturated carbocycles. The van der Waals surface area contributed by atoms with E-state index in [1.54, 1.807) is 0 Å². The molecule has 1 aromatic rings. The highest BCUT2D eigenvalue weighted by molar-refractivity contribution is 5.44. The van der Waals surface area contributed by atoms with Crippen LogP contribution in [0.25, 0.3) is 0 Å². The van der Waals surface area contributed by atoms with Gasteiger partial charge in [0.15, 0.2) is 0 Å². The number of aliphatic hydroxyl groups excluding tert-OH is 3. The van der Waals surface area contributed by atoms with Gasteiger partial charge in [0.05, 0.1) is 13.2 Å². The highest BCUT2D eigenvalue weighted by atomic mass is 16.6. The Hall–Kier alpha value is -1.18. The molecule has 1 aliphatic heterocycles. The summed E-state index contributed by atoms with van der Waals surface area (Å²) in [5.74, 6) is -1.93. The van der Waals surface area contributed by atoms with E-state index in [4.69, 9.17) is 4.74 Å². The molecule has 0 aliphatic carbocycles. The topological polar surface area (TPSA) is 102 Å². The molecule has 1 fully saturated rings. The third kappa shape index (κ3) is 3.05. The van der Waals surface area contributed by atoms with Crippen molar-refractivity contribution < 1.29 is 25.2 Å². The molecule has 0 aromatic heterocycles. The number of rotatable bonds is 3. The number of aliphatic hydroxyl groups is 4. The molecule has 1 heterocycles. The maximum atomic E-state index is 10.1. The number of aryl methyl sites for hydroxylation is 1. The van der Waals surface area contributed by atoms with Crippen LogP contribution in [0.1, 0.15) is 5.56 Å². The largest absolute Gasteiger partial charge is 0.388 e. The lowest BCUT2D eigenvalue weighted by Crippen LogP contribution is -2.63. The zero-order valence-electron chi connectivity index (χ0n) is 10.7. The molecular weight excluding hydrogens is 250 g/mol. The van der Waals surface area contributed by atoms with Gasteiger partial charge in [-0.05, 0) is 19.1 Å². The summed E-state index contributed by atoms with van der Waals surface area (Å²) in [4.78, 5) is 0. The summed E-state index contributed by atoms with van der Waals surface area (Å²) in [7, 11) is 0. The van der Waals surface area contributed by atoms with Gasteiger partial charge in [-0.15, -0.1) is 0 Å². The zero-order chi connectivity index (χ0) is 14.0. The molecule has 0 amide bonds. The second kappa shape index (κ2) is 5.44. The number of anilines is 1. The molecule has 0 radical (unpaired) electrons. The summed E-state index contributed by atoms with van der Waals surface area (Å²) in [6.45, 7) is 1.63. The molecule has 2 rings (SSSR count). The Kier molecular flexibility index (Phi) is 4.07. The van der Waals surface area contributed by atoms with E-state index >= 15 is 0 Å². The number of benzene rings is 1. The molecule has 6 nitrogen and oxygen atoms in total. The van der Waals surface area contributed by atoms with Crippen molar-refractivity contribution >= 4 is 5.69 Å². The van der Waals surface area contributed by atoms with Crippen LogP contribution in [0, 0.1) is 6.92 Å². The predicted molar refractivity (Wildman–Crippen MR) is 68.6 cm³/mol. The summed E-state index contributed by atoms with van der Waals surface area (Å²) in [5.41, 5.74) is 1.87. The van der Waals surface area contributed by atoms with Gasteiger partial charge in [0.2, 0.25) is 5.79 Å². The normalized spacial score (nSPS) is 35.1. The first-order valence-electron chi connectivity index (χ1n) is 6.13. The molecule has 106 valence electrons. The van der Waals surface area contributed by atoms with Crippen LogP contribution < -0.4 is 5.32 Å². The van der Waals surface area contributed by atoms with Gasteiger partial charge in [-0.3, -0.25) is 0 Å². The monoisotopic (exact) mass is 269 g/mol. The van der Waals surface area contributed by atoms with Crippen molar-refractivity contribution in [2.45, 2.75) is 31.0 Å². The summed E-state index contributed by atoms with van der Waals surface area (Å²) < 4.78 is 5.04. The fourth-order valence-corrected chi connectivity index (χ4v) is 1.95. The molecule has 1 aliphatic rings. The maximum absolute atomic E-state index is 10.1. The second-order valence-electron chi connectivity index (χ2n) is 4.88. The Balaban J connectivity index is 1.99. The van der Waals surface area contributed by atoms with E-state index in [1.165, 1.54) is 0 Å². The minimum absolute atomic E-state index is 0.0962. The first kappa shape index (κ1) is 14.2. The van der Waals surface area contributed by atoms with Gasteiger partial charge >= 0.3 is 0 Å². The third-order valence-corrected chi connectivity index (χ3v) is 3.28. The number of hydrogen-bond donors (Lipinski definition) is 5. The van der Waals surface area contributed by atoms with E-state index in [9.17, 15) is 20.4 Å². The minimum Gasteiger partial charge on any atom is -0.388 e. The van der Waals surface area contributed by atoms with Gasteiger partial charge in [-0.1, -0.05) is 17.7 Å². The molecule has 1 saturated heterocycles. The molecule has 1 aromatic carbocycles. The Morgan fingerprint density at radius 1 is 1.26 bits per heavy atom. The van der Waals surface area contributed by atoms with E-state index in [0.717, 1.165) is 11.3 Å². The smallest absolute Gasteiger partial charge is 0.212 e. The van der Waals surface area contributed by atoms with Crippen LogP contribution in [0.4, 0.5) is 5.69 Å². The third-order valence-electron chi connectivity index (χ3n) is 3.28. The zero-order valence-corrected chi connectivity index (χ0v) is 10.7. The standard InChI is InChI=1S/C13H19NO5/c1-8-2-4-9(5-3-8)14-7-13(18)12(17)11(16)10(15)6-19-13/h2-5,10-12,14-18H,6-7H2,1H3/t10?,11?,12?,13-/m0/s1. The van der Waals surface area contributed by atoms with Gasteiger partial charge < -0.3 is 30.5 Å². The van der Waals surface area contributed by atoms with Crippen molar-refractivity contribution in [2.75, 3.05) is 18.5 Å². The second-order valence-corrected chi connectivity index (χ2v) is 4.88. The van der Waals surface area contributed by atoms with Crippen LogP contribution >= 0.6 is 0 Å². The highest BCUT2D eigenvalue weighted by Crippen LogP contribution is 2.24. The maximum Gasteiger partial charge on any atom is 0.212 e. The molecule has 6 heteroatoms. The Morgan fingerprint density at radius 3 is 2.53 bits per heavy atom. The predicted octanol–water partition coefficient (Wildman–Crippen LogP) is -0.792. The first-order chi connectivity index (χ1) is 8.92. The van der Waals surface area contributed by atoms with Gasteiger partial charge in [0, 0.05) is 5.69 Å². The van der Waals surface area contributed by atoms with E-state index in [1.807, 2.05) is 31.2 Å². The molecule has 0 spiro atoms. The fraction of sp³-hybridized carbons (Fsp3) is 0.538. The molecule has 4 atom stereocenters. The minimum atomic E-state index is -1.93. The fourth-order valence-electron chi connectivity index (χ4n) is 1.95. The quantitative estimate of drug-likeness (QED) is 0.493. The first-order valence-corrected chi connectivity index (χ1v) is 6.13. The van der Waals surface area contributed by atoms with Crippen LogP contribution in [0.5, 0.6) is 0 Å². The van der Waals surface area contributed by atoms with E-state index < -0.39 is 24.1 Å². The SMILES string of the molecule is Cc1ccc(NC[C@]2(O)OCC(O)C(O)C2O)cc1. The molecule has 3 unspecified atom stereocenters. The molecule has 19 heavy (non-hydrogen) atoms. The average molecular weight is 269 g/mol. The van der Waals surface area contributed by atoms with Crippen LogP contribution in [0.2, 0.25) is 0 Å². The summed E-state index contributed by atoms with van der Waals surface area (Å²) in [6, 6.07) is 7.48. The van der Waals surface area contributed by atoms with Gasteiger partial charge in [0.25, 0.3) is 0 Å². The van der Waals surface area contributed by atoms with Crippen molar-refractivity contribution in [2.24, 2.45) is 0 Å². The van der Waals surface area contributed by atoms with Crippen molar-refractivity contribution in [3.8, 4) is 0 Å². The average Bonchev–Trinajstić information content (AvgIpc) is 2.41. The molecule has 0 bridgehead atoms. The van der Waals surface area contributed by atoms with Crippen molar-refractivity contribution in [1.29, 1.82) is 0 Å². The van der Waals surface area contributed by atoms with Crippen molar-refractivity contribution in [3.05, 3.63) is 29.8 Å². The van der Waals surface area contributed by atoms with Crippen molar-refractivity contribution in [1.82, 2.24) is 0 Å². The lowest BCUT2D eigenvalue weighted by molar-refractivity contribution is -0.313. The Morgan fingerprint density at radius 2 is 1.89 bits per heavy atom. The van der Waals surface area contributed by atoms with E-state index in [2.05, 4.69) is 5.32 Å². The summed E-state index contributed by atoms with van der Waals surface area (Å²) in [6.07, 6.45) is -4.21. The van der Waals surface area contributed by atoms with Crippen LogP contribution in [-0.4, -0.2) is 57.7 Å². The Labute approximate surface area is 111 Å². The number of hydrogen-bond acceptors (Lipinski definition) is 6. The van der Waals surface area contributed by atoms with Crippen LogP contribution in [0.15, 0.2) is 24.3 Å². The summed E-state index contributed by atoms with van der Waals surface area (Å²) in [5, 5.41) is 41.7. The van der Waals surface area contributed by atoms with Crippen LogP contribution in [0.3, 0.4) is 0 Å². The lowest BCUT2D eigenvalue weighted by atomic mass is 9.97. The van der Waals surface area contributed by atoms with Gasteiger partial charge in [-0.25, -0.2) is 0 Å². The van der Waals surface area contributed by atoms with E-state index in [0.29, 0.717) is 0 Å². The van der Waals surface area contributed by atoms with Crippen LogP contribution in [-0.2, 0) is 4.74 Å². The van der Waals surface area contributed by atoms with Gasteiger partial charge in [0.1, 0.15) is 18.3 Å². The Bertz CT molecular complexity index is 424. The van der Waals surface area contributed by atoms with E-state index in [-0.39, 0.29) is 13.2 Å². The number of nitrogens with one attached hydrogen (secondary N) is 1. The molecule has 5 N–H and O–H groups in total. The lowest BCUT2D eigenvalue weighted by Gasteiger charge is -2.41. The summed E-state index contributed by atoms with van der Waals surface area (Å²) >= 11 is 0. The molecular formula is C13H19NO5.